The van der Waals surface area contributed by atoms with Crippen molar-refractivity contribution >= 4 is 49.3 Å². The minimum absolute atomic E-state index is 0.0431. The predicted molar refractivity (Wildman–Crippen MR) is 125 cm³/mol. The number of hydrogen-bond acceptors (Lipinski definition) is 7. The molecule has 0 spiro atoms. The molecular weight excluding hydrogens is 434 g/mol. The maximum absolute atomic E-state index is 13.4. The number of methoxy groups -OCH3 is 1. The van der Waals surface area contributed by atoms with Gasteiger partial charge in [0, 0.05) is 43.4 Å². The van der Waals surface area contributed by atoms with E-state index in [1.165, 1.54) is 23.1 Å². The lowest BCUT2D eigenvalue weighted by Gasteiger charge is -2.30. The van der Waals surface area contributed by atoms with Gasteiger partial charge in [-0.2, -0.15) is 0 Å². The van der Waals surface area contributed by atoms with Crippen molar-refractivity contribution in [1.29, 1.82) is 0 Å². The zero-order valence-electron chi connectivity index (χ0n) is 17.8. The summed E-state index contributed by atoms with van der Waals surface area (Å²) in [6.07, 6.45) is 1.37. The van der Waals surface area contributed by atoms with Gasteiger partial charge in [-0.1, -0.05) is 36.9 Å². The Labute approximate surface area is 189 Å². The van der Waals surface area contributed by atoms with Gasteiger partial charge in [-0.3, -0.25) is 14.2 Å². The zero-order chi connectivity index (χ0) is 21.8. The number of hydrogen-bond donors (Lipinski definition) is 0. The highest BCUT2D eigenvalue weighted by molar-refractivity contribution is 8.00. The van der Waals surface area contributed by atoms with E-state index in [0.29, 0.717) is 62.2 Å². The molecule has 1 unspecified atom stereocenters. The molecule has 3 heterocycles. The Kier molecular flexibility index (Phi) is 7.27. The number of amides is 1. The molecule has 1 aromatic carbocycles. The second-order valence-electron chi connectivity index (χ2n) is 7.43. The highest BCUT2D eigenvalue weighted by atomic mass is 32.2. The van der Waals surface area contributed by atoms with E-state index < -0.39 is 0 Å². The summed E-state index contributed by atoms with van der Waals surface area (Å²) in [7, 11) is 1.65. The van der Waals surface area contributed by atoms with Gasteiger partial charge in [-0.15, -0.1) is 11.3 Å². The highest BCUT2D eigenvalue weighted by Crippen LogP contribution is 2.33. The van der Waals surface area contributed by atoms with Crippen molar-refractivity contribution in [3.05, 3.63) is 34.6 Å². The van der Waals surface area contributed by atoms with Crippen molar-refractivity contribution in [1.82, 2.24) is 14.5 Å². The lowest BCUT2D eigenvalue weighted by Crippen LogP contribution is -2.44. The van der Waals surface area contributed by atoms with Crippen molar-refractivity contribution in [3.63, 3.8) is 0 Å². The number of ether oxygens (including phenoxy) is 2. The third kappa shape index (κ3) is 4.64. The van der Waals surface area contributed by atoms with E-state index in [-0.39, 0.29) is 16.7 Å². The summed E-state index contributed by atoms with van der Waals surface area (Å²) < 4.78 is 14.0. The largest absolute Gasteiger partial charge is 0.385 e. The molecular formula is C22H27N3O4S2. The maximum Gasteiger partial charge on any atom is 0.272 e. The van der Waals surface area contributed by atoms with Gasteiger partial charge in [-0.25, -0.2) is 4.98 Å². The quantitative estimate of drug-likeness (QED) is 0.291. The summed E-state index contributed by atoms with van der Waals surface area (Å²) in [5.74, 6) is 0.0868. The van der Waals surface area contributed by atoms with Gasteiger partial charge in [0.2, 0.25) is 5.91 Å². The molecule has 7 nitrogen and oxygen atoms in total. The molecule has 3 aromatic rings. The third-order valence-electron chi connectivity index (χ3n) is 5.39. The zero-order valence-corrected chi connectivity index (χ0v) is 19.5. The monoisotopic (exact) mass is 461 g/mol. The average Bonchev–Trinajstić information content (AvgIpc) is 3.18. The van der Waals surface area contributed by atoms with E-state index in [2.05, 4.69) is 0 Å². The number of morpholine rings is 1. The molecule has 2 aromatic heterocycles. The highest BCUT2D eigenvalue weighted by Gasteiger charge is 2.28. The molecule has 166 valence electrons. The van der Waals surface area contributed by atoms with Crippen molar-refractivity contribution in [2.45, 2.75) is 36.7 Å². The number of carbonyl (C=O) groups is 1. The maximum atomic E-state index is 13.4. The summed E-state index contributed by atoms with van der Waals surface area (Å²) >= 11 is 2.88. The molecule has 1 atom stereocenters. The first-order valence-electron chi connectivity index (χ1n) is 10.6. The second-order valence-corrected chi connectivity index (χ2v) is 9.65. The number of rotatable bonds is 8. The van der Waals surface area contributed by atoms with E-state index in [1.807, 2.05) is 36.1 Å². The Morgan fingerprint density at radius 2 is 2.10 bits per heavy atom. The van der Waals surface area contributed by atoms with E-state index in [9.17, 15) is 9.59 Å². The molecule has 1 aliphatic rings. The van der Waals surface area contributed by atoms with Crippen LogP contribution in [0.5, 0.6) is 0 Å². The van der Waals surface area contributed by atoms with Gasteiger partial charge in [0.15, 0.2) is 5.16 Å². The summed E-state index contributed by atoms with van der Waals surface area (Å²) in [6.45, 7) is 5.43. The van der Waals surface area contributed by atoms with Crippen molar-refractivity contribution in [3.8, 4) is 0 Å². The molecule has 1 amide bonds. The lowest BCUT2D eigenvalue weighted by molar-refractivity contribution is -0.134. The van der Waals surface area contributed by atoms with Gasteiger partial charge in [0.1, 0.15) is 4.70 Å². The Balaban J connectivity index is 1.74. The minimum atomic E-state index is -0.291. The fraction of sp³-hybridized carbons (Fsp3) is 0.500. The minimum Gasteiger partial charge on any atom is -0.385 e. The summed E-state index contributed by atoms with van der Waals surface area (Å²) in [4.78, 5) is 33.3. The molecule has 9 heteroatoms. The van der Waals surface area contributed by atoms with Gasteiger partial charge in [0.05, 0.1) is 24.0 Å². The van der Waals surface area contributed by atoms with E-state index >= 15 is 0 Å². The molecule has 0 aliphatic carbocycles. The molecule has 0 bridgehead atoms. The van der Waals surface area contributed by atoms with Crippen LogP contribution in [0.1, 0.15) is 19.8 Å². The molecule has 1 aliphatic heterocycles. The molecule has 0 saturated carbocycles. The Morgan fingerprint density at radius 3 is 2.84 bits per heavy atom. The fourth-order valence-corrected chi connectivity index (χ4v) is 5.94. The van der Waals surface area contributed by atoms with E-state index in [1.54, 1.807) is 11.7 Å². The smallest absolute Gasteiger partial charge is 0.272 e. The molecule has 1 fully saturated rings. The van der Waals surface area contributed by atoms with Crippen LogP contribution in [0.2, 0.25) is 0 Å². The number of aromatic nitrogens is 2. The third-order valence-corrected chi connectivity index (χ3v) is 7.88. The van der Waals surface area contributed by atoms with Gasteiger partial charge in [-0.05, 0) is 18.9 Å². The van der Waals surface area contributed by atoms with Crippen LogP contribution in [0.3, 0.4) is 0 Å². The standard InChI is InChI=1S/C22H27N3O4S2/c1-3-16(20(26)24-10-13-29-14-11-24)31-22-23-18-15-7-4-5-8-17(15)30-19(18)21(27)25(22)9-6-12-28-2/h4-5,7-8,16H,3,6,9-14H2,1-2H3. The molecule has 4 rings (SSSR count). The topological polar surface area (TPSA) is 73.7 Å². The van der Waals surface area contributed by atoms with Crippen LogP contribution in [0.4, 0.5) is 0 Å². The van der Waals surface area contributed by atoms with Gasteiger partial charge in [0.25, 0.3) is 5.56 Å². The van der Waals surface area contributed by atoms with Crippen LogP contribution in [0, 0.1) is 0 Å². The number of nitrogens with zero attached hydrogens (tertiary/aromatic N) is 3. The number of fused-ring (bicyclic) bond motifs is 3. The molecule has 1 saturated heterocycles. The van der Waals surface area contributed by atoms with Gasteiger partial charge < -0.3 is 14.4 Å². The van der Waals surface area contributed by atoms with Crippen LogP contribution in [-0.4, -0.2) is 65.6 Å². The number of carbonyl (C=O) groups excluding carboxylic acids is 1. The summed E-state index contributed by atoms with van der Waals surface area (Å²) in [5, 5.41) is 1.30. The Hall–Kier alpha value is -1.94. The van der Waals surface area contributed by atoms with Crippen molar-refractivity contribution in [2.24, 2.45) is 0 Å². The fourth-order valence-electron chi connectivity index (χ4n) is 3.73. The van der Waals surface area contributed by atoms with Crippen LogP contribution in [0.25, 0.3) is 20.3 Å². The van der Waals surface area contributed by atoms with Gasteiger partial charge >= 0.3 is 0 Å². The predicted octanol–water partition coefficient (Wildman–Crippen LogP) is 3.38. The number of thiophene rings is 1. The Morgan fingerprint density at radius 1 is 1.32 bits per heavy atom. The average molecular weight is 462 g/mol. The first-order valence-corrected chi connectivity index (χ1v) is 12.3. The molecule has 0 radical (unpaired) electrons. The lowest BCUT2D eigenvalue weighted by atomic mass is 10.2. The normalized spacial score (nSPS) is 15.6. The van der Waals surface area contributed by atoms with Crippen molar-refractivity contribution < 1.29 is 14.3 Å². The van der Waals surface area contributed by atoms with E-state index in [0.717, 1.165) is 15.6 Å². The van der Waals surface area contributed by atoms with Crippen LogP contribution in [-0.2, 0) is 20.8 Å². The first-order chi connectivity index (χ1) is 15.1. The Bertz CT molecular complexity index is 1120. The van der Waals surface area contributed by atoms with Crippen LogP contribution < -0.4 is 5.56 Å². The summed E-state index contributed by atoms with van der Waals surface area (Å²) in [6, 6.07) is 7.95. The molecule has 0 N–H and O–H groups in total. The number of thioether (sulfide) groups is 1. The van der Waals surface area contributed by atoms with E-state index in [4.69, 9.17) is 14.5 Å². The van der Waals surface area contributed by atoms with Crippen LogP contribution >= 0.6 is 23.1 Å². The van der Waals surface area contributed by atoms with Crippen molar-refractivity contribution in [2.75, 3.05) is 40.0 Å². The number of benzene rings is 1. The SMILES string of the molecule is CCC(Sc1nc2c(sc3ccccc32)c(=O)n1CCCOC)C(=O)N1CCOCC1. The summed E-state index contributed by atoms with van der Waals surface area (Å²) in [5.41, 5.74) is 0.684. The first kappa shape index (κ1) is 22.3. The molecule has 31 heavy (non-hydrogen) atoms. The second kappa shape index (κ2) is 10.1. The van der Waals surface area contributed by atoms with Crippen LogP contribution in [0.15, 0.2) is 34.2 Å².